The van der Waals surface area contributed by atoms with E-state index in [0.717, 1.165) is 39.7 Å². The van der Waals surface area contributed by atoms with Crippen molar-refractivity contribution in [2.45, 2.75) is 23.9 Å². The van der Waals surface area contributed by atoms with Crippen molar-refractivity contribution >= 4 is 23.5 Å². The van der Waals surface area contributed by atoms with E-state index in [1.807, 2.05) is 52.7 Å². The summed E-state index contributed by atoms with van der Waals surface area (Å²) < 4.78 is 7.47. The Hall–Kier alpha value is -2.97. The van der Waals surface area contributed by atoms with Gasteiger partial charge in [0.2, 0.25) is 5.91 Å². The molecule has 1 atom stereocenters. The predicted molar refractivity (Wildman–Crippen MR) is 114 cm³/mol. The number of hydrogen-bond acceptors (Lipinski definition) is 6. The van der Waals surface area contributed by atoms with Gasteiger partial charge >= 0.3 is 0 Å². The van der Waals surface area contributed by atoms with Crippen LogP contribution in [0.25, 0.3) is 0 Å². The molecule has 1 amide bonds. The van der Waals surface area contributed by atoms with Crippen molar-refractivity contribution in [2.24, 2.45) is 0 Å². The van der Waals surface area contributed by atoms with E-state index in [4.69, 9.17) is 4.74 Å². The van der Waals surface area contributed by atoms with Crippen LogP contribution in [0.4, 0.5) is 5.69 Å². The first-order valence-corrected chi connectivity index (χ1v) is 10.7. The second kappa shape index (κ2) is 8.04. The van der Waals surface area contributed by atoms with E-state index in [-0.39, 0.29) is 12.5 Å². The molecule has 2 N–H and O–H groups in total. The minimum atomic E-state index is -0.540. The molecule has 2 aromatic carbocycles. The summed E-state index contributed by atoms with van der Waals surface area (Å²) in [5.41, 5.74) is 3.78. The highest BCUT2D eigenvalue weighted by atomic mass is 32.2. The third kappa shape index (κ3) is 3.64. The Morgan fingerprint density at radius 1 is 1.23 bits per heavy atom. The van der Waals surface area contributed by atoms with Gasteiger partial charge < -0.3 is 20.1 Å². The van der Waals surface area contributed by atoms with Gasteiger partial charge in [-0.15, -0.1) is 0 Å². The van der Waals surface area contributed by atoms with Gasteiger partial charge in [-0.05, 0) is 23.8 Å². The first-order chi connectivity index (χ1) is 14.7. The molecule has 3 aromatic rings. The van der Waals surface area contributed by atoms with Crippen LogP contribution in [0.1, 0.15) is 22.7 Å². The molecule has 0 saturated heterocycles. The molecule has 8 heteroatoms. The van der Waals surface area contributed by atoms with Crippen LogP contribution in [0.2, 0.25) is 0 Å². The lowest BCUT2D eigenvalue weighted by molar-refractivity contribution is -0.134. The van der Waals surface area contributed by atoms with Crippen LogP contribution in [0.5, 0.6) is 5.75 Å². The quantitative estimate of drug-likeness (QED) is 0.658. The number of carbonyl (C=O) groups is 1. The topological polar surface area (TPSA) is 79.6 Å². The monoisotopic (exact) mass is 422 g/mol. The number of benzene rings is 2. The molecule has 7 nitrogen and oxygen atoms in total. The molecule has 30 heavy (non-hydrogen) atoms. The molecule has 1 aromatic heterocycles. The maximum atomic E-state index is 13.0. The predicted octanol–water partition coefficient (Wildman–Crippen LogP) is 2.86. The molecule has 2 aliphatic rings. The fourth-order valence-electron chi connectivity index (χ4n) is 3.85. The SMILES string of the molecule is O=C(C(CO)c1ccccc1)N1Cc2cn(Sc3ccc4c(c3)NCCO4)nc2C1. The van der Waals surface area contributed by atoms with Crippen LogP contribution in [-0.4, -0.2) is 44.9 Å². The van der Waals surface area contributed by atoms with Gasteiger partial charge in [-0.2, -0.15) is 5.10 Å². The molecule has 5 rings (SSSR count). The Balaban J connectivity index is 1.27. The van der Waals surface area contributed by atoms with E-state index in [9.17, 15) is 9.90 Å². The van der Waals surface area contributed by atoms with Gasteiger partial charge in [-0.25, -0.2) is 4.09 Å². The molecule has 2 aliphatic heterocycles. The number of anilines is 1. The van der Waals surface area contributed by atoms with E-state index in [1.54, 1.807) is 4.90 Å². The number of ether oxygens (including phenoxy) is 1. The lowest BCUT2D eigenvalue weighted by Gasteiger charge is -2.22. The number of aliphatic hydroxyl groups excluding tert-OH is 1. The van der Waals surface area contributed by atoms with Crippen molar-refractivity contribution in [3.05, 3.63) is 71.5 Å². The number of carbonyl (C=O) groups excluding carboxylic acids is 1. The summed E-state index contributed by atoms with van der Waals surface area (Å²) >= 11 is 1.53. The summed E-state index contributed by atoms with van der Waals surface area (Å²) in [5.74, 6) is 0.267. The standard InChI is InChI=1S/C22H22N4O3S/c27-14-18(15-4-2-1-3-5-15)22(28)25-11-16-12-26(24-20(16)13-25)30-17-6-7-21-19(10-17)23-8-9-29-21/h1-7,10,12,18,23,27H,8-9,11,13-14H2. The highest BCUT2D eigenvalue weighted by molar-refractivity contribution is 7.97. The second-order valence-electron chi connectivity index (χ2n) is 7.37. The lowest BCUT2D eigenvalue weighted by atomic mass is 9.98. The van der Waals surface area contributed by atoms with E-state index < -0.39 is 5.92 Å². The summed E-state index contributed by atoms with van der Waals surface area (Å²) in [5, 5.41) is 17.8. The van der Waals surface area contributed by atoms with Crippen LogP contribution < -0.4 is 10.1 Å². The number of rotatable bonds is 5. The summed E-state index contributed by atoms with van der Waals surface area (Å²) in [6.45, 7) is 2.26. The Morgan fingerprint density at radius 2 is 2.10 bits per heavy atom. The summed E-state index contributed by atoms with van der Waals surface area (Å²) in [6, 6.07) is 15.5. The van der Waals surface area contributed by atoms with Crippen molar-refractivity contribution in [3.8, 4) is 5.75 Å². The Labute approximate surface area is 178 Å². The van der Waals surface area contributed by atoms with E-state index in [0.29, 0.717) is 19.7 Å². The second-order valence-corrected chi connectivity index (χ2v) is 8.40. The molecule has 1 unspecified atom stereocenters. The van der Waals surface area contributed by atoms with E-state index in [2.05, 4.69) is 16.5 Å². The van der Waals surface area contributed by atoms with Crippen molar-refractivity contribution in [2.75, 3.05) is 25.1 Å². The molecule has 0 spiro atoms. The van der Waals surface area contributed by atoms with Crippen molar-refractivity contribution < 1.29 is 14.6 Å². The average Bonchev–Trinajstić information content (AvgIpc) is 3.33. The third-order valence-corrected chi connectivity index (χ3v) is 6.22. The van der Waals surface area contributed by atoms with Gasteiger partial charge in [0, 0.05) is 41.7 Å². The zero-order valence-electron chi connectivity index (χ0n) is 16.3. The Bertz CT molecular complexity index is 1050. The number of hydrogen-bond donors (Lipinski definition) is 2. The van der Waals surface area contributed by atoms with Crippen LogP contribution in [0.15, 0.2) is 59.6 Å². The molecule has 0 saturated carbocycles. The number of nitrogens with one attached hydrogen (secondary N) is 1. The number of aromatic nitrogens is 2. The fourth-order valence-corrected chi connectivity index (χ4v) is 4.68. The van der Waals surface area contributed by atoms with Gasteiger partial charge in [0.25, 0.3) is 0 Å². The molecule has 0 aliphatic carbocycles. The van der Waals surface area contributed by atoms with Crippen LogP contribution in [-0.2, 0) is 17.9 Å². The van der Waals surface area contributed by atoms with Crippen LogP contribution in [0, 0.1) is 0 Å². The van der Waals surface area contributed by atoms with Crippen molar-refractivity contribution in [1.82, 2.24) is 14.1 Å². The van der Waals surface area contributed by atoms with Crippen LogP contribution >= 0.6 is 11.9 Å². The summed E-state index contributed by atoms with van der Waals surface area (Å²) in [7, 11) is 0. The molecule has 3 heterocycles. The number of fused-ring (bicyclic) bond motifs is 2. The minimum Gasteiger partial charge on any atom is -0.490 e. The number of amides is 1. The zero-order valence-corrected chi connectivity index (χ0v) is 17.1. The zero-order chi connectivity index (χ0) is 20.5. The normalized spacial score (nSPS) is 15.7. The van der Waals surface area contributed by atoms with Gasteiger partial charge in [0.1, 0.15) is 12.4 Å². The molecule has 154 valence electrons. The van der Waals surface area contributed by atoms with Gasteiger partial charge in [-0.3, -0.25) is 4.79 Å². The summed E-state index contributed by atoms with van der Waals surface area (Å²) in [6.07, 6.45) is 1.98. The van der Waals surface area contributed by atoms with E-state index >= 15 is 0 Å². The smallest absolute Gasteiger partial charge is 0.233 e. The highest BCUT2D eigenvalue weighted by Crippen LogP contribution is 2.34. The highest BCUT2D eigenvalue weighted by Gasteiger charge is 2.31. The van der Waals surface area contributed by atoms with Gasteiger partial charge in [-0.1, -0.05) is 30.3 Å². The van der Waals surface area contributed by atoms with Gasteiger partial charge in [0.15, 0.2) is 0 Å². The molecular formula is C22H22N4O3S. The average molecular weight is 423 g/mol. The Kier molecular flexibility index (Phi) is 5.10. The molecular weight excluding hydrogens is 400 g/mol. The van der Waals surface area contributed by atoms with E-state index in [1.165, 1.54) is 11.9 Å². The van der Waals surface area contributed by atoms with Gasteiger partial charge in [0.05, 0.1) is 30.5 Å². The Morgan fingerprint density at radius 3 is 2.90 bits per heavy atom. The maximum absolute atomic E-state index is 13.0. The minimum absolute atomic E-state index is 0.0679. The molecule has 0 radical (unpaired) electrons. The third-order valence-electron chi connectivity index (χ3n) is 5.38. The number of aliphatic hydroxyl groups is 1. The van der Waals surface area contributed by atoms with Crippen LogP contribution in [0.3, 0.4) is 0 Å². The van der Waals surface area contributed by atoms with Crippen molar-refractivity contribution in [3.63, 3.8) is 0 Å². The fraction of sp³-hybridized carbons (Fsp3) is 0.273. The summed E-state index contributed by atoms with van der Waals surface area (Å²) in [4.78, 5) is 15.8. The molecule has 0 bridgehead atoms. The van der Waals surface area contributed by atoms with Crippen molar-refractivity contribution in [1.29, 1.82) is 0 Å². The maximum Gasteiger partial charge on any atom is 0.233 e. The number of nitrogens with zero attached hydrogens (tertiary/aromatic N) is 3. The first kappa shape index (κ1) is 19.0. The first-order valence-electron chi connectivity index (χ1n) is 9.92. The molecule has 0 fully saturated rings. The lowest BCUT2D eigenvalue weighted by Crippen LogP contribution is -2.32. The largest absolute Gasteiger partial charge is 0.490 e.